The molecule has 0 bridgehead atoms. The predicted octanol–water partition coefficient (Wildman–Crippen LogP) is 3.82. The Morgan fingerprint density at radius 2 is 1.68 bits per heavy atom. The van der Waals surface area contributed by atoms with Gasteiger partial charge in [-0.2, -0.15) is 0 Å². The summed E-state index contributed by atoms with van der Waals surface area (Å²) < 4.78 is 40.7. The van der Waals surface area contributed by atoms with E-state index in [1.54, 1.807) is 0 Å². The lowest BCUT2D eigenvalue weighted by molar-refractivity contribution is -0.274. The maximum Gasteiger partial charge on any atom is 0.573 e. The highest BCUT2D eigenvalue weighted by Crippen LogP contribution is 2.26. The first kappa shape index (κ1) is 15.8. The predicted molar refractivity (Wildman–Crippen MR) is 69.1 cm³/mol. The van der Waals surface area contributed by atoms with E-state index < -0.39 is 6.36 Å². The smallest absolute Gasteiger partial charge is 0.406 e. The highest BCUT2D eigenvalue weighted by atomic mass is 19.4. The number of benzene rings is 1. The number of hydrogen-bond donors (Lipinski definition) is 1. The van der Waals surface area contributed by atoms with Gasteiger partial charge in [-0.15, -0.1) is 13.2 Å². The molecule has 0 aliphatic carbocycles. The molecule has 1 aromatic rings. The Hall–Kier alpha value is -1.23. The molecule has 0 saturated carbocycles. The van der Waals surface area contributed by atoms with Crippen molar-refractivity contribution in [2.75, 3.05) is 0 Å². The van der Waals surface area contributed by atoms with Crippen molar-refractivity contribution in [1.29, 1.82) is 0 Å². The first-order valence-electron chi connectivity index (χ1n) is 6.26. The summed E-state index contributed by atoms with van der Waals surface area (Å²) in [4.78, 5) is 0. The minimum absolute atomic E-state index is 0.156. The molecule has 2 nitrogen and oxygen atoms in total. The number of rotatable bonds is 5. The molecule has 0 aliphatic rings. The molecule has 5 heteroatoms. The van der Waals surface area contributed by atoms with E-state index in [0.717, 1.165) is 11.1 Å². The topological polar surface area (TPSA) is 35.2 Å². The molecule has 1 rings (SSSR count). The number of halogens is 3. The van der Waals surface area contributed by atoms with Crippen LogP contribution < -0.4 is 10.5 Å². The first-order chi connectivity index (χ1) is 8.59. The Labute approximate surface area is 111 Å². The summed E-state index contributed by atoms with van der Waals surface area (Å²) in [7, 11) is 0. The van der Waals surface area contributed by atoms with Gasteiger partial charge in [-0.25, -0.2) is 0 Å². The average Bonchev–Trinajstić information content (AvgIpc) is 2.22. The fourth-order valence-corrected chi connectivity index (χ4v) is 1.74. The number of hydrogen-bond acceptors (Lipinski definition) is 2. The standard InChI is InChI=1S/C14H20F3NO/c1-4-10-7-11(5-6-13(2,3)18)9-12(8-10)19-14(15,16)17/h7-9H,4-6,18H2,1-3H3. The van der Waals surface area contributed by atoms with Gasteiger partial charge >= 0.3 is 6.36 Å². The second-order valence-corrected chi connectivity index (χ2v) is 5.38. The van der Waals surface area contributed by atoms with Crippen LogP contribution in [0.2, 0.25) is 0 Å². The monoisotopic (exact) mass is 275 g/mol. The van der Waals surface area contributed by atoms with Crippen molar-refractivity contribution >= 4 is 0 Å². The van der Waals surface area contributed by atoms with Gasteiger partial charge in [0, 0.05) is 5.54 Å². The lowest BCUT2D eigenvalue weighted by atomic mass is 9.95. The second-order valence-electron chi connectivity index (χ2n) is 5.38. The molecule has 0 spiro atoms. The molecule has 0 aromatic heterocycles. The largest absolute Gasteiger partial charge is 0.573 e. The van der Waals surface area contributed by atoms with Crippen LogP contribution in [0.3, 0.4) is 0 Å². The molecule has 0 aliphatic heterocycles. The molecule has 19 heavy (non-hydrogen) atoms. The van der Waals surface area contributed by atoms with E-state index in [0.29, 0.717) is 19.3 Å². The maximum absolute atomic E-state index is 12.2. The van der Waals surface area contributed by atoms with Crippen LogP contribution >= 0.6 is 0 Å². The third kappa shape index (κ3) is 6.47. The van der Waals surface area contributed by atoms with Crippen molar-refractivity contribution < 1.29 is 17.9 Å². The zero-order chi connectivity index (χ0) is 14.7. The van der Waals surface area contributed by atoms with Crippen molar-refractivity contribution in [3.05, 3.63) is 29.3 Å². The van der Waals surface area contributed by atoms with Gasteiger partial charge in [0.25, 0.3) is 0 Å². The zero-order valence-corrected chi connectivity index (χ0v) is 11.5. The molecule has 0 atom stereocenters. The Morgan fingerprint density at radius 1 is 1.11 bits per heavy atom. The van der Waals surface area contributed by atoms with Gasteiger partial charge in [-0.3, -0.25) is 0 Å². The van der Waals surface area contributed by atoms with Crippen LogP contribution in [0.4, 0.5) is 13.2 Å². The summed E-state index contributed by atoms with van der Waals surface area (Å²) in [5, 5.41) is 0. The van der Waals surface area contributed by atoms with Gasteiger partial charge in [0.1, 0.15) is 5.75 Å². The SMILES string of the molecule is CCc1cc(CCC(C)(C)N)cc(OC(F)(F)F)c1. The quantitative estimate of drug-likeness (QED) is 0.886. The van der Waals surface area contributed by atoms with Crippen LogP contribution in [0, 0.1) is 0 Å². The van der Waals surface area contributed by atoms with Crippen LogP contribution in [0.1, 0.15) is 38.3 Å². The maximum atomic E-state index is 12.2. The van der Waals surface area contributed by atoms with E-state index >= 15 is 0 Å². The van der Waals surface area contributed by atoms with Crippen molar-refractivity contribution in [2.24, 2.45) is 5.73 Å². The van der Waals surface area contributed by atoms with Crippen molar-refractivity contribution in [2.45, 2.75) is 51.9 Å². The molecule has 0 unspecified atom stereocenters. The number of nitrogens with two attached hydrogens (primary N) is 1. The van der Waals surface area contributed by atoms with Crippen molar-refractivity contribution in [3.63, 3.8) is 0 Å². The van der Waals surface area contributed by atoms with Crippen LogP contribution in [0.5, 0.6) is 5.75 Å². The fraction of sp³-hybridized carbons (Fsp3) is 0.571. The summed E-state index contributed by atoms with van der Waals surface area (Å²) in [6.07, 6.45) is -2.66. The first-order valence-corrected chi connectivity index (χ1v) is 6.26. The Morgan fingerprint density at radius 3 is 2.16 bits per heavy atom. The van der Waals surface area contributed by atoms with Crippen molar-refractivity contribution in [1.82, 2.24) is 0 Å². The third-order valence-corrected chi connectivity index (χ3v) is 2.73. The van der Waals surface area contributed by atoms with Crippen LogP contribution in [0.15, 0.2) is 18.2 Å². The van der Waals surface area contributed by atoms with Crippen LogP contribution in [-0.2, 0) is 12.8 Å². The molecular formula is C14H20F3NO. The van der Waals surface area contributed by atoms with Crippen molar-refractivity contribution in [3.8, 4) is 5.75 Å². The fourth-order valence-electron chi connectivity index (χ4n) is 1.74. The summed E-state index contributed by atoms with van der Waals surface area (Å²) >= 11 is 0. The normalized spacial score (nSPS) is 12.6. The van der Waals surface area contributed by atoms with E-state index in [2.05, 4.69) is 4.74 Å². The minimum Gasteiger partial charge on any atom is -0.406 e. The second kappa shape index (κ2) is 5.82. The number of aryl methyl sites for hydroxylation is 2. The van der Waals surface area contributed by atoms with E-state index in [4.69, 9.17) is 5.73 Å². The molecule has 1 aromatic carbocycles. The molecule has 0 radical (unpaired) electrons. The molecule has 2 N–H and O–H groups in total. The van der Waals surface area contributed by atoms with Gasteiger partial charge in [0.15, 0.2) is 0 Å². The zero-order valence-electron chi connectivity index (χ0n) is 11.5. The van der Waals surface area contributed by atoms with Gasteiger partial charge in [-0.1, -0.05) is 13.0 Å². The minimum atomic E-state index is -4.66. The van der Waals surface area contributed by atoms with E-state index in [9.17, 15) is 13.2 Å². The lowest BCUT2D eigenvalue weighted by Gasteiger charge is -2.19. The van der Waals surface area contributed by atoms with Gasteiger partial charge in [-0.05, 0) is 56.4 Å². The Balaban J connectivity index is 2.89. The summed E-state index contributed by atoms with van der Waals surface area (Å²) in [6, 6.07) is 4.75. The van der Waals surface area contributed by atoms with Crippen LogP contribution in [-0.4, -0.2) is 11.9 Å². The highest BCUT2D eigenvalue weighted by Gasteiger charge is 2.31. The molecule has 0 saturated heterocycles. The summed E-state index contributed by atoms with van der Waals surface area (Å²) in [5.74, 6) is -0.156. The molecule has 108 valence electrons. The van der Waals surface area contributed by atoms with Gasteiger partial charge in [0.05, 0.1) is 0 Å². The molecule has 0 heterocycles. The van der Waals surface area contributed by atoms with E-state index in [1.807, 2.05) is 26.8 Å². The number of alkyl halides is 3. The Bertz CT molecular complexity index is 422. The summed E-state index contributed by atoms with van der Waals surface area (Å²) in [5.41, 5.74) is 7.18. The average molecular weight is 275 g/mol. The third-order valence-electron chi connectivity index (χ3n) is 2.73. The lowest BCUT2D eigenvalue weighted by Crippen LogP contribution is -2.32. The van der Waals surface area contributed by atoms with Gasteiger partial charge < -0.3 is 10.5 Å². The van der Waals surface area contributed by atoms with E-state index in [-0.39, 0.29) is 11.3 Å². The molecular weight excluding hydrogens is 255 g/mol. The number of ether oxygens (including phenoxy) is 1. The molecule has 0 amide bonds. The Kier molecular flexibility index (Phi) is 4.85. The highest BCUT2D eigenvalue weighted by molar-refractivity contribution is 5.35. The van der Waals surface area contributed by atoms with Gasteiger partial charge in [0.2, 0.25) is 0 Å². The van der Waals surface area contributed by atoms with E-state index in [1.165, 1.54) is 12.1 Å². The molecule has 0 fully saturated rings. The van der Waals surface area contributed by atoms with Crippen LogP contribution in [0.25, 0.3) is 0 Å². The summed E-state index contributed by atoms with van der Waals surface area (Å²) in [6.45, 7) is 5.68.